The second-order valence-electron chi connectivity index (χ2n) is 3.81. The molecule has 17 heavy (non-hydrogen) atoms. The van der Waals surface area contributed by atoms with Crippen LogP contribution in [0.2, 0.25) is 0 Å². The lowest BCUT2D eigenvalue weighted by Crippen LogP contribution is -1.97. The van der Waals surface area contributed by atoms with Gasteiger partial charge in [-0.1, -0.05) is 6.07 Å². The van der Waals surface area contributed by atoms with Crippen LogP contribution in [0.15, 0.2) is 36.7 Å². The van der Waals surface area contributed by atoms with Crippen LogP contribution in [0.25, 0.3) is 16.8 Å². The Labute approximate surface area is 97.9 Å². The molecule has 84 valence electrons. The largest absolute Gasteiger partial charge is 0.366 e. The van der Waals surface area contributed by atoms with Crippen LogP contribution in [0.3, 0.4) is 0 Å². The molecular formula is C12H11N5. The molecule has 3 aromatic heterocycles. The Hall–Kier alpha value is -2.43. The minimum Gasteiger partial charge on any atom is -0.366 e. The van der Waals surface area contributed by atoms with Gasteiger partial charge in [0.15, 0.2) is 5.65 Å². The molecule has 0 atom stereocenters. The second kappa shape index (κ2) is 3.55. The molecule has 0 unspecified atom stereocenters. The highest BCUT2D eigenvalue weighted by Crippen LogP contribution is 2.23. The summed E-state index contributed by atoms with van der Waals surface area (Å²) >= 11 is 0. The lowest BCUT2D eigenvalue weighted by atomic mass is 10.1. The molecule has 0 spiro atoms. The molecule has 5 nitrogen and oxygen atoms in total. The van der Waals surface area contributed by atoms with Crippen molar-refractivity contribution in [1.29, 1.82) is 0 Å². The Morgan fingerprint density at radius 3 is 2.88 bits per heavy atom. The number of rotatable bonds is 1. The van der Waals surface area contributed by atoms with E-state index in [0.29, 0.717) is 0 Å². The first kappa shape index (κ1) is 9.77. The van der Waals surface area contributed by atoms with E-state index in [1.165, 1.54) is 0 Å². The van der Waals surface area contributed by atoms with Gasteiger partial charge in [0.05, 0.1) is 0 Å². The van der Waals surface area contributed by atoms with E-state index in [0.717, 1.165) is 22.5 Å². The molecule has 0 radical (unpaired) electrons. The van der Waals surface area contributed by atoms with Crippen molar-refractivity contribution in [1.82, 2.24) is 19.6 Å². The number of hydrogen-bond donors (Lipinski definition) is 1. The summed E-state index contributed by atoms with van der Waals surface area (Å²) in [7, 11) is 0. The van der Waals surface area contributed by atoms with E-state index in [4.69, 9.17) is 5.73 Å². The number of nitrogen functional groups attached to an aromatic ring is 1. The van der Waals surface area contributed by atoms with Gasteiger partial charge in [-0.15, -0.1) is 5.10 Å². The van der Waals surface area contributed by atoms with Crippen molar-refractivity contribution in [3.63, 3.8) is 0 Å². The molecule has 0 saturated heterocycles. The number of nitrogens with two attached hydrogens (primary N) is 1. The highest BCUT2D eigenvalue weighted by atomic mass is 15.3. The van der Waals surface area contributed by atoms with Gasteiger partial charge >= 0.3 is 0 Å². The lowest BCUT2D eigenvalue weighted by molar-refractivity contribution is 0.922. The van der Waals surface area contributed by atoms with Gasteiger partial charge in [-0.25, -0.2) is 4.52 Å². The molecule has 3 aromatic rings. The summed E-state index contributed by atoms with van der Waals surface area (Å²) in [5.74, 6) is 0.288. The Bertz CT molecular complexity index is 672. The fourth-order valence-electron chi connectivity index (χ4n) is 1.92. The smallest absolute Gasteiger partial charge is 0.240 e. The highest BCUT2D eigenvalue weighted by Gasteiger charge is 2.08. The lowest BCUT2D eigenvalue weighted by Gasteiger charge is -2.06. The quantitative estimate of drug-likeness (QED) is 0.684. The standard InChI is InChI=1S/C12H11N5/c1-8-10(9-3-2-6-14-7-9)4-5-11-15-12(13)16-17(8)11/h2-7H,1H3,(H2,13,16). The number of aromatic nitrogens is 4. The van der Waals surface area contributed by atoms with Crippen LogP contribution in [0, 0.1) is 6.92 Å². The second-order valence-corrected chi connectivity index (χ2v) is 3.81. The summed E-state index contributed by atoms with van der Waals surface area (Å²) in [5.41, 5.74) is 9.49. The van der Waals surface area contributed by atoms with E-state index in [2.05, 4.69) is 15.1 Å². The average Bonchev–Trinajstić information content (AvgIpc) is 2.72. The van der Waals surface area contributed by atoms with Gasteiger partial charge in [-0.05, 0) is 25.1 Å². The molecule has 5 heteroatoms. The molecule has 0 bridgehead atoms. The first-order valence-electron chi connectivity index (χ1n) is 5.28. The molecule has 3 heterocycles. The van der Waals surface area contributed by atoms with E-state index in [1.807, 2.05) is 37.4 Å². The minimum atomic E-state index is 0.288. The van der Waals surface area contributed by atoms with Crippen LogP contribution >= 0.6 is 0 Å². The van der Waals surface area contributed by atoms with Gasteiger partial charge in [-0.2, -0.15) is 4.98 Å². The van der Waals surface area contributed by atoms with Crippen LogP contribution in [0.4, 0.5) is 5.95 Å². The third-order valence-corrected chi connectivity index (χ3v) is 2.73. The van der Waals surface area contributed by atoms with E-state index in [9.17, 15) is 0 Å². The maximum absolute atomic E-state index is 5.59. The average molecular weight is 225 g/mol. The number of aryl methyl sites for hydroxylation is 1. The topological polar surface area (TPSA) is 69.1 Å². The Morgan fingerprint density at radius 2 is 2.12 bits per heavy atom. The predicted octanol–water partition coefficient (Wildman–Crippen LogP) is 1.68. The van der Waals surface area contributed by atoms with Crippen molar-refractivity contribution < 1.29 is 0 Å². The number of fused-ring (bicyclic) bond motifs is 1. The van der Waals surface area contributed by atoms with Crippen molar-refractivity contribution in [2.24, 2.45) is 0 Å². The molecule has 0 aliphatic heterocycles. The zero-order valence-electron chi connectivity index (χ0n) is 9.33. The normalized spacial score (nSPS) is 10.9. The van der Waals surface area contributed by atoms with Gasteiger partial charge in [0.2, 0.25) is 5.95 Å². The van der Waals surface area contributed by atoms with Crippen molar-refractivity contribution in [3.8, 4) is 11.1 Å². The van der Waals surface area contributed by atoms with E-state index >= 15 is 0 Å². The van der Waals surface area contributed by atoms with Gasteiger partial charge < -0.3 is 5.73 Å². The fraction of sp³-hybridized carbons (Fsp3) is 0.0833. The number of anilines is 1. The van der Waals surface area contributed by atoms with Gasteiger partial charge in [0, 0.05) is 29.2 Å². The van der Waals surface area contributed by atoms with Crippen molar-refractivity contribution in [2.45, 2.75) is 6.92 Å². The number of hydrogen-bond acceptors (Lipinski definition) is 4. The molecular weight excluding hydrogens is 214 g/mol. The summed E-state index contributed by atoms with van der Waals surface area (Å²) in [5, 5.41) is 4.16. The van der Waals surface area contributed by atoms with E-state index < -0.39 is 0 Å². The Morgan fingerprint density at radius 1 is 1.24 bits per heavy atom. The highest BCUT2D eigenvalue weighted by molar-refractivity contribution is 5.67. The number of nitrogens with zero attached hydrogens (tertiary/aromatic N) is 4. The van der Waals surface area contributed by atoms with Crippen LogP contribution in [0.1, 0.15) is 5.69 Å². The van der Waals surface area contributed by atoms with Crippen LogP contribution in [-0.2, 0) is 0 Å². The van der Waals surface area contributed by atoms with Gasteiger partial charge in [-0.3, -0.25) is 4.98 Å². The van der Waals surface area contributed by atoms with Gasteiger partial charge in [0.1, 0.15) is 0 Å². The molecule has 0 fully saturated rings. The van der Waals surface area contributed by atoms with Crippen LogP contribution < -0.4 is 5.73 Å². The van der Waals surface area contributed by atoms with Crippen LogP contribution in [-0.4, -0.2) is 19.6 Å². The van der Waals surface area contributed by atoms with Gasteiger partial charge in [0.25, 0.3) is 0 Å². The molecule has 0 aliphatic rings. The molecule has 0 saturated carbocycles. The van der Waals surface area contributed by atoms with Crippen LogP contribution in [0.5, 0.6) is 0 Å². The third kappa shape index (κ3) is 1.52. The van der Waals surface area contributed by atoms with Crippen molar-refractivity contribution >= 4 is 11.6 Å². The first-order chi connectivity index (χ1) is 8.25. The molecule has 0 amide bonds. The zero-order chi connectivity index (χ0) is 11.8. The molecule has 0 aromatic carbocycles. The van der Waals surface area contributed by atoms with Crippen molar-refractivity contribution in [3.05, 3.63) is 42.4 Å². The molecule has 0 aliphatic carbocycles. The summed E-state index contributed by atoms with van der Waals surface area (Å²) in [6.07, 6.45) is 3.58. The zero-order valence-corrected chi connectivity index (χ0v) is 9.33. The minimum absolute atomic E-state index is 0.288. The first-order valence-corrected chi connectivity index (χ1v) is 5.28. The van der Waals surface area contributed by atoms with Crippen molar-refractivity contribution in [2.75, 3.05) is 5.73 Å². The maximum Gasteiger partial charge on any atom is 0.240 e. The third-order valence-electron chi connectivity index (χ3n) is 2.73. The fourth-order valence-corrected chi connectivity index (χ4v) is 1.92. The molecule has 2 N–H and O–H groups in total. The monoisotopic (exact) mass is 225 g/mol. The SMILES string of the molecule is Cc1c(-c2cccnc2)ccc2nc(N)nn12. The molecule has 3 rings (SSSR count). The summed E-state index contributed by atoms with van der Waals surface area (Å²) in [4.78, 5) is 8.24. The van der Waals surface area contributed by atoms with E-state index in [-0.39, 0.29) is 5.95 Å². The Balaban J connectivity index is 2.28. The summed E-state index contributed by atoms with van der Waals surface area (Å²) in [6.45, 7) is 1.99. The predicted molar refractivity (Wildman–Crippen MR) is 65.4 cm³/mol. The summed E-state index contributed by atoms with van der Waals surface area (Å²) in [6, 6.07) is 7.84. The summed E-state index contributed by atoms with van der Waals surface area (Å²) < 4.78 is 1.75. The Kier molecular flexibility index (Phi) is 2.04. The van der Waals surface area contributed by atoms with E-state index in [1.54, 1.807) is 10.7 Å². The maximum atomic E-state index is 5.59. The number of pyridine rings is 2.